The number of hydrogen-bond donors (Lipinski definition) is 3. The van der Waals surface area contributed by atoms with Crippen molar-refractivity contribution >= 4 is 16.3 Å². The van der Waals surface area contributed by atoms with Crippen molar-refractivity contribution in [2.45, 2.75) is 46.3 Å². The molecule has 0 aliphatic heterocycles. The summed E-state index contributed by atoms with van der Waals surface area (Å²) in [5.74, 6) is 0.378. The highest BCUT2D eigenvalue weighted by atomic mass is 32.2. The number of amides is 1. The molecular formula is C10H23N3O4S. The second-order valence-corrected chi connectivity index (χ2v) is 6.30. The van der Waals surface area contributed by atoms with Crippen LogP contribution < -0.4 is 15.2 Å². The Balaban J connectivity index is 4.12. The molecular weight excluding hydrogens is 258 g/mol. The normalized spacial score (nSPS) is 13.7. The SMILES string of the molecule is CC(C)CC(N)CNS(=O)(=O)NC(=O)OC(C)C. The average Bonchev–Trinajstić information content (AvgIpc) is 2.11. The number of hydrogen-bond acceptors (Lipinski definition) is 5. The van der Waals surface area contributed by atoms with Gasteiger partial charge < -0.3 is 10.5 Å². The molecule has 0 aromatic rings. The Labute approximate surface area is 109 Å². The van der Waals surface area contributed by atoms with E-state index in [2.05, 4.69) is 9.46 Å². The highest BCUT2D eigenvalue weighted by Crippen LogP contribution is 2.01. The molecule has 0 rings (SSSR count). The van der Waals surface area contributed by atoms with E-state index in [1.54, 1.807) is 18.6 Å². The first kappa shape index (κ1) is 17.1. The molecule has 0 bridgehead atoms. The van der Waals surface area contributed by atoms with Crippen LogP contribution in [0.4, 0.5) is 4.79 Å². The second-order valence-electron chi connectivity index (χ2n) is 4.80. The van der Waals surface area contributed by atoms with Gasteiger partial charge in [0.2, 0.25) is 0 Å². The van der Waals surface area contributed by atoms with E-state index >= 15 is 0 Å². The molecule has 0 fully saturated rings. The van der Waals surface area contributed by atoms with Crippen LogP contribution in [0.25, 0.3) is 0 Å². The van der Waals surface area contributed by atoms with Gasteiger partial charge in [0.1, 0.15) is 0 Å². The summed E-state index contributed by atoms with van der Waals surface area (Å²) in [6.07, 6.45) is -0.697. The lowest BCUT2D eigenvalue weighted by Crippen LogP contribution is -2.45. The van der Waals surface area contributed by atoms with Gasteiger partial charge in [0.15, 0.2) is 0 Å². The van der Waals surface area contributed by atoms with Crippen molar-refractivity contribution in [1.82, 2.24) is 9.44 Å². The van der Waals surface area contributed by atoms with Gasteiger partial charge in [0.25, 0.3) is 0 Å². The fraction of sp³-hybridized carbons (Fsp3) is 0.900. The minimum atomic E-state index is -3.91. The summed E-state index contributed by atoms with van der Waals surface area (Å²) in [4.78, 5) is 11.1. The van der Waals surface area contributed by atoms with Crippen LogP contribution in [0.1, 0.15) is 34.1 Å². The van der Waals surface area contributed by atoms with E-state index in [1.165, 1.54) is 0 Å². The maximum Gasteiger partial charge on any atom is 0.422 e. The number of carbonyl (C=O) groups excluding carboxylic acids is 1. The number of carbonyl (C=O) groups is 1. The molecule has 0 heterocycles. The highest BCUT2D eigenvalue weighted by molar-refractivity contribution is 7.88. The van der Waals surface area contributed by atoms with Crippen molar-refractivity contribution in [3.05, 3.63) is 0 Å². The van der Waals surface area contributed by atoms with Crippen LogP contribution in [0.3, 0.4) is 0 Å². The van der Waals surface area contributed by atoms with E-state index in [0.29, 0.717) is 12.3 Å². The van der Waals surface area contributed by atoms with Crippen LogP contribution in [0.15, 0.2) is 0 Å². The van der Waals surface area contributed by atoms with Crippen LogP contribution in [-0.4, -0.2) is 33.2 Å². The van der Waals surface area contributed by atoms with Gasteiger partial charge in [-0.3, -0.25) is 0 Å². The Morgan fingerprint density at radius 2 is 1.83 bits per heavy atom. The summed E-state index contributed by atoms with van der Waals surface area (Å²) >= 11 is 0. The lowest BCUT2D eigenvalue weighted by molar-refractivity contribution is 0.121. The van der Waals surface area contributed by atoms with Crippen LogP contribution >= 0.6 is 0 Å². The van der Waals surface area contributed by atoms with Crippen molar-refractivity contribution in [3.63, 3.8) is 0 Å². The lowest BCUT2D eigenvalue weighted by Gasteiger charge is -2.15. The molecule has 8 heteroatoms. The van der Waals surface area contributed by atoms with Gasteiger partial charge in [-0.25, -0.2) is 9.52 Å². The predicted octanol–water partition coefficient (Wildman–Crippen LogP) is 0.329. The van der Waals surface area contributed by atoms with E-state index in [4.69, 9.17) is 5.73 Å². The van der Waals surface area contributed by atoms with Crippen LogP contribution in [0.2, 0.25) is 0 Å². The molecule has 1 amide bonds. The maximum atomic E-state index is 11.4. The Kier molecular flexibility index (Phi) is 7.19. The molecule has 0 spiro atoms. The minimum absolute atomic E-state index is 0.0719. The zero-order valence-electron chi connectivity index (χ0n) is 11.3. The minimum Gasteiger partial charge on any atom is -0.446 e. The second kappa shape index (κ2) is 7.55. The summed E-state index contributed by atoms with van der Waals surface area (Å²) in [6.45, 7) is 7.30. The van der Waals surface area contributed by atoms with E-state index in [0.717, 1.165) is 0 Å². The summed E-state index contributed by atoms with van der Waals surface area (Å²) in [6, 6.07) is -0.289. The Bertz CT molecular complexity index is 354. The Hall–Kier alpha value is -0.860. The van der Waals surface area contributed by atoms with Crippen LogP contribution in [0, 0.1) is 5.92 Å². The molecule has 1 atom stereocenters. The Morgan fingerprint density at radius 1 is 1.28 bits per heavy atom. The number of nitrogens with two attached hydrogens (primary N) is 1. The molecule has 0 saturated carbocycles. The lowest BCUT2D eigenvalue weighted by atomic mass is 10.1. The molecule has 18 heavy (non-hydrogen) atoms. The van der Waals surface area contributed by atoms with E-state index in [9.17, 15) is 13.2 Å². The molecule has 108 valence electrons. The summed E-state index contributed by atoms with van der Waals surface area (Å²) in [5.41, 5.74) is 5.72. The van der Waals surface area contributed by atoms with Crippen molar-refractivity contribution in [1.29, 1.82) is 0 Å². The van der Waals surface area contributed by atoms with Crippen LogP contribution in [-0.2, 0) is 14.9 Å². The van der Waals surface area contributed by atoms with Crippen molar-refractivity contribution in [3.8, 4) is 0 Å². The van der Waals surface area contributed by atoms with Gasteiger partial charge in [-0.05, 0) is 26.2 Å². The van der Waals surface area contributed by atoms with Crippen molar-refractivity contribution < 1.29 is 17.9 Å². The van der Waals surface area contributed by atoms with Gasteiger partial charge in [-0.15, -0.1) is 0 Å². The van der Waals surface area contributed by atoms with Gasteiger partial charge in [-0.1, -0.05) is 13.8 Å². The van der Waals surface area contributed by atoms with Gasteiger partial charge in [-0.2, -0.15) is 13.1 Å². The molecule has 0 aromatic heterocycles. The first-order chi connectivity index (χ1) is 8.12. The smallest absolute Gasteiger partial charge is 0.422 e. The zero-order valence-corrected chi connectivity index (χ0v) is 12.1. The maximum absolute atomic E-state index is 11.4. The first-order valence-corrected chi connectivity index (χ1v) is 7.34. The molecule has 0 aromatic carbocycles. The van der Waals surface area contributed by atoms with Gasteiger partial charge in [0, 0.05) is 12.6 Å². The monoisotopic (exact) mass is 281 g/mol. The molecule has 1 unspecified atom stereocenters. The molecule has 7 nitrogen and oxygen atoms in total. The average molecular weight is 281 g/mol. The van der Waals surface area contributed by atoms with E-state index < -0.39 is 16.3 Å². The first-order valence-electron chi connectivity index (χ1n) is 5.86. The third-order valence-electron chi connectivity index (χ3n) is 1.87. The fourth-order valence-corrected chi connectivity index (χ4v) is 2.06. The predicted molar refractivity (Wildman–Crippen MR) is 69.1 cm³/mol. The summed E-state index contributed by atoms with van der Waals surface area (Å²) in [5, 5.41) is 0. The van der Waals surface area contributed by atoms with Gasteiger partial charge >= 0.3 is 16.3 Å². The standard InChI is InChI=1S/C10H23N3O4S/c1-7(2)5-9(11)6-12-18(15,16)13-10(14)17-8(3)4/h7-9,12H,5-6,11H2,1-4H3,(H,13,14). The summed E-state index contributed by atoms with van der Waals surface area (Å²) in [7, 11) is -3.91. The largest absolute Gasteiger partial charge is 0.446 e. The fourth-order valence-electron chi connectivity index (χ4n) is 1.29. The molecule has 4 N–H and O–H groups in total. The summed E-state index contributed by atoms with van der Waals surface area (Å²) < 4.78 is 31.5. The van der Waals surface area contributed by atoms with Gasteiger partial charge in [0.05, 0.1) is 6.10 Å². The molecule has 0 aliphatic rings. The number of nitrogens with one attached hydrogen (secondary N) is 2. The van der Waals surface area contributed by atoms with Crippen molar-refractivity contribution in [2.24, 2.45) is 11.7 Å². The highest BCUT2D eigenvalue weighted by Gasteiger charge is 2.17. The Morgan fingerprint density at radius 3 is 2.28 bits per heavy atom. The zero-order chi connectivity index (χ0) is 14.3. The van der Waals surface area contributed by atoms with E-state index in [1.807, 2.05) is 13.8 Å². The third-order valence-corrected chi connectivity index (χ3v) is 2.85. The number of rotatable bonds is 7. The molecule has 0 saturated heterocycles. The topological polar surface area (TPSA) is 111 Å². The molecule has 0 aliphatic carbocycles. The third kappa shape index (κ3) is 9.20. The van der Waals surface area contributed by atoms with Crippen LogP contribution in [0.5, 0.6) is 0 Å². The van der Waals surface area contributed by atoms with E-state index in [-0.39, 0.29) is 18.7 Å². The molecule has 0 radical (unpaired) electrons. The van der Waals surface area contributed by atoms with Crippen molar-refractivity contribution in [2.75, 3.05) is 6.54 Å². The quantitative estimate of drug-likeness (QED) is 0.623. The number of ether oxygens (including phenoxy) is 1.